The van der Waals surface area contributed by atoms with Crippen LogP contribution in [0.2, 0.25) is 0 Å². The van der Waals surface area contributed by atoms with Crippen molar-refractivity contribution in [3.63, 3.8) is 0 Å². The Labute approximate surface area is 178 Å². The molecule has 1 fully saturated rings. The van der Waals surface area contributed by atoms with Crippen molar-refractivity contribution in [2.24, 2.45) is 4.99 Å². The van der Waals surface area contributed by atoms with Crippen LogP contribution < -0.4 is 0 Å². The lowest BCUT2D eigenvalue weighted by Gasteiger charge is -2.07. The van der Waals surface area contributed by atoms with Gasteiger partial charge in [-0.3, -0.25) is 9.69 Å². The van der Waals surface area contributed by atoms with Crippen LogP contribution in [0.15, 0.2) is 58.4 Å². The van der Waals surface area contributed by atoms with Crippen LogP contribution in [0.4, 0.5) is 5.69 Å². The fourth-order valence-electron chi connectivity index (χ4n) is 2.63. The molecule has 8 heteroatoms. The van der Waals surface area contributed by atoms with Crippen molar-refractivity contribution in [3.05, 3.63) is 70.1 Å². The topological polar surface area (TPSA) is 85.3 Å². The maximum atomic E-state index is 12.6. The molecule has 2 aromatic rings. The van der Waals surface area contributed by atoms with Crippen molar-refractivity contribution in [1.29, 1.82) is 0 Å². The Hall–Kier alpha value is -3.39. The average Bonchev–Trinajstić information content (AvgIpc) is 3.02. The molecule has 1 heterocycles. The molecule has 0 saturated carbocycles. The van der Waals surface area contributed by atoms with Gasteiger partial charge in [-0.15, -0.1) is 0 Å². The lowest BCUT2D eigenvalue weighted by atomic mass is 10.1. The predicted octanol–water partition coefficient (Wildman–Crippen LogP) is 3.88. The number of likely N-dealkylation sites (N-methyl/N-ethyl adjacent to an activating group) is 1. The Bertz CT molecular complexity index is 1030. The van der Waals surface area contributed by atoms with E-state index in [2.05, 4.69) is 9.73 Å². The van der Waals surface area contributed by atoms with E-state index in [0.29, 0.717) is 33.5 Å². The van der Waals surface area contributed by atoms with E-state index < -0.39 is 5.97 Å². The third kappa shape index (κ3) is 4.77. The van der Waals surface area contributed by atoms with Gasteiger partial charge >= 0.3 is 11.9 Å². The van der Waals surface area contributed by atoms with E-state index in [1.807, 2.05) is 0 Å². The van der Waals surface area contributed by atoms with Gasteiger partial charge in [-0.25, -0.2) is 14.6 Å². The van der Waals surface area contributed by atoms with E-state index in [1.165, 1.54) is 23.8 Å². The van der Waals surface area contributed by atoms with Gasteiger partial charge in [0.05, 0.1) is 35.4 Å². The predicted molar refractivity (Wildman–Crippen MR) is 116 cm³/mol. The lowest BCUT2D eigenvalue weighted by molar-refractivity contribution is -0.121. The molecule has 0 bridgehead atoms. The SMILES string of the molecule is CCOC(=O)c1ccc(N=C2SC(=Cc3ccc(C(=O)OC)cc3)C(=O)N2C)cc1. The Kier molecular flexibility index (Phi) is 6.68. The number of methoxy groups -OCH3 is 1. The number of amidine groups is 1. The van der Waals surface area contributed by atoms with Crippen LogP contribution in [0.3, 0.4) is 0 Å². The van der Waals surface area contributed by atoms with Crippen LogP contribution in [-0.4, -0.2) is 48.7 Å². The highest BCUT2D eigenvalue weighted by molar-refractivity contribution is 8.18. The minimum absolute atomic E-state index is 0.168. The van der Waals surface area contributed by atoms with E-state index in [0.717, 1.165) is 5.56 Å². The quantitative estimate of drug-likeness (QED) is 0.535. The first-order chi connectivity index (χ1) is 14.4. The summed E-state index contributed by atoms with van der Waals surface area (Å²) in [5, 5.41) is 0.529. The molecule has 1 aliphatic heterocycles. The summed E-state index contributed by atoms with van der Waals surface area (Å²) < 4.78 is 9.65. The Morgan fingerprint density at radius 2 is 1.63 bits per heavy atom. The molecule has 1 amide bonds. The van der Waals surface area contributed by atoms with Crippen molar-refractivity contribution < 1.29 is 23.9 Å². The van der Waals surface area contributed by atoms with E-state index in [1.54, 1.807) is 68.6 Å². The highest BCUT2D eigenvalue weighted by Gasteiger charge is 2.30. The van der Waals surface area contributed by atoms with Crippen molar-refractivity contribution in [2.45, 2.75) is 6.92 Å². The smallest absolute Gasteiger partial charge is 0.338 e. The van der Waals surface area contributed by atoms with Crippen LogP contribution in [0, 0.1) is 0 Å². The van der Waals surface area contributed by atoms with Crippen LogP contribution in [0.1, 0.15) is 33.2 Å². The second kappa shape index (κ2) is 9.41. The van der Waals surface area contributed by atoms with Gasteiger partial charge in [0.25, 0.3) is 5.91 Å². The lowest BCUT2D eigenvalue weighted by Crippen LogP contribution is -2.23. The number of esters is 2. The van der Waals surface area contributed by atoms with Crippen LogP contribution >= 0.6 is 11.8 Å². The van der Waals surface area contributed by atoms with E-state index in [4.69, 9.17) is 4.74 Å². The van der Waals surface area contributed by atoms with Gasteiger partial charge in [-0.2, -0.15) is 0 Å². The number of carbonyl (C=O) groups excluding carboxylic acids is 3. The summed E-state index contributed by atoms with van der Waals surface area (Å²) in [5.41, 5.74) is 2.29. The maximum absolute atomic E-state index is 12.6. The van der Waals surface area contributed by atoms with Gasteiger partial charge in [0.2, 0.25) is 0 Å². The Morgan fingerprint density at radius 1 is 1.03 bits per heavy atom. The van der Waals surface area contributed by atoms with Crippen molar-refractivity contribution in [3.8, 4) is 0 Å². The number of carbonyl (C=O) groups is 3. The standard InChI is InChI=1S/C22H20N2O5S/c1-4-29-21(27)16-9-11-17(12-10-16)23-22-24(2)19(25)18(30-22)13-14-5-7-15(8-6-14)20(26)28-3/h5-13H,4H2,1-3H3. The molecule has 1 aliphatic rings. The minimum atomic E-state index is -0.413. The van der Waals surface area contributed by atoms with E-state index in [9.17, 15) is 14.4 Å². The zero-order chi connectivity index (χ0) is 21.7. The van der Waals surface area contributed by atoms with Crippen molar-refractivity contribution in [1.82, 2.24) is 4.90 Å². The number of thioether (sulfide) groups is 1. The molecule has 0 aliphatic carbocycles. The third-order valence-electron chi connectivity index (χ3n) is 4.24. The number of aliphatic imine (C=N–C) groups is 1. The molecule has 2 aromatic carbocycles. The monoisotopic (exact) mass is 424 g/mol. The fraction of sp³-hybridized carbons (Fsp3) is 0.182. The number of amides is 1. The van der Waals surface area contributed by atoms with Crippen LogP contribution in [0.25, 0.3) is 6.08 Å². The number of hydrogen-bond acceptors (Lipinski definition) is 7. The normalized spacial score (nSPS) is 16.2. The molecule has 1 saturated heterocycles. The summed E-state index contributed by atoms with van der Waals surface area (Å²) in [6, 6.07) is 13.5. The molecule has 0 atom stereocenters. The fourth-order valence-corrected chi connectivity index (χ4v) is 3.62. The van der Waals surface area contributed by atoms with Crippen molar-refractivity contribution in [2.75, 3.05) is 20.8 Å². The summed E-state index contributed by atoms with van der Waals surface area (Å²) in [4.78, 5) is 42.3. The third-order valence-corrected chi connectivity index (χ3v) is 5.30. The first-order valence-electron chi connectivity index (χ1n) is 9.14. The second-order valence-corrected chi connectivity index (χ2v) is 7.26. The maximum Gasteiger partial charge on any atom is 0.338 e. The first-order valence-corrected chi connectivity index (χ1v) is 9.96. The summed E-state index contributed by atoms with van der Waals surface area (Å²) in [7, 11) is 2.98. The van der Waals surface area contributed by atoms with Gasteiger partial charge in [-0.05, 0) is 66.7 Å². The van der Waals surface area contributed by atoms with Crippen LogP contribution in [-0.2, 0) is 14.3 Å². The summed E-state index contributed by atoms with van der Waals surface area (Å²) in [6.45, 7) is 2.06. The van der Waals surface area contributed by atoms with E-state index in [-0.39, 0.29) is 11.9 Å². The van der Waals surface area contributed by atoms with Gasteiger partial charge < -0.3 is 9.47 Å². The summed E-state index contributed by atoms with van der Waals surface area (Å²) >= 11 is 1.25. The van der Waals surface area contributed by atoms with Gasteiger partial charge in [0, 0.05) is 7.05 Å². The molecule has 154 valence electrons. The average molecular weight is 424 g/mol. The molecule has 7 nitrogen and oxygen atoms in total. The Morgan fingerprint density at radius 3 is 2.23 bits per heavy atom. The molecular weight excluding hydrogens is 404 g/mol. The molecule has 3 rings (SSSR count). The largest absolute Gasteiger partial charge is 0.465 e. The van der Waals surface area contributed by atoms with Crippen molar-refractivity contribution >= 4 is 46.5 Å². The molecule has 30 heavy (non-hydrogen) atoms. The van der Waals surface area contributed by atoms with Crippen LogP contribution in [0.5, 0.6) is 0 Å². The van der Waals surface area contributed by atoms with Gasteiger partial charge in [0.1, 0.15) is 0 Å². The molecule has 0 radical (unpaired) electrons. The first kappa shape index (κ1) is 21.3. The molecule has 0 N–H and O–H groups in total. The highest BCUT2D eigenvalue weighted by Crippen LogP contribution is 2.33. The Balaban J connectivity index is 1.77. The zero-order valence-corrected chi connectivity index (χ0v) is 17.6. The molecule has 0 spiro atoms. The zero-order valence-electron chi connectivity index (χ0n) is 16.7. The highest BCUT2D eigenvalue weighted by atomic mass is 32.2. The van der Waals surface area contributed by atoms with Gasteiger partial charge in [0.15, 0.2) is 5.17 Å². The molecular formula is C22H20N2O5S. The number of ether oxygens (including phenoxy) is 2. The number of nitrogens with zero attached hydrogens (tertiary/aromatic N) is 2. The minimum Gasteiger partial charge on any atom is -0.465 e. The second-order valence-electron chi connectivity index (χ2n) is 6.25. The van der Waals surface area contributed by atoms with Gasteiger partial charge in [-0.1, -0.05) is 12.1 Å². The number of benzene rings is 2. The molecule has 0 aromatic heterocycles. The molecule has 0 unspecified atom stereocenters. The van der Waals surface area contributed by atoms with E-state index >= 15 is 0 Å². The summed E-state index contributed by atoms with van der Waals surface area (Å²) in [5.74, 6) is -0.967. The summed E-state index contributed by atoms with van der Waals surface area (Å²) in [6.07, 6.45) is 1.75. The number of rotatable bonds is 5. The number of hydrogen-bond donors (Lipinski definition) is 0.